The molecule has 3 rings (SSSR count). The minimum absolute atomic E-state index is 0.0716. The number of amides is 1. The van der Waals surface area contributed by atoms with E-state index in [0.717, 1.165) is 16.1 Å². The first-order valence-electron chi connectivity index (χ1n) is 10.9. The number of hydrogen-bond donors (Lipinski definition) is 0. The summed E-state index contributed by atoms with van der Waals surface area (Å²) in [6, 6.07) is 11.4. The fourth-order valence-electron chi connectivity index (χ4n) is 3.46. The van der Waals surface area contributed by atoms with Crippen LogP contribution in [-0.2, 0) is 16.1 Å². The van der Waals surface area contributed by atoms with E-state index in [0.29, 0.717) is 48.1 Å². The highest BCUT2D eigenvalue weighted by atomic mass is 32.2. The van der Waals surface area contributed by atoms with Crippen LogP contribution < -0.4 is 10.5 Å². The topological polar surface area (TPSA) is 88.2 Å². The average Bonchev–Trinajstić information content (AvgIpc) is 3.11. The van der Waals surface area contributed by atoms with Crippen LogP contribution in [0.5, 0.6) is 0 Å². The Bertz CT molecular complexity index is 1200. The maximum Gasteiger partial charge on any atom is 0.263 e. The Kier molecular flexibility index (Phi) is 9.06. The van der Waals surface area contributed by atoms with Gasteiger partial charge in [0.2, 0.25) is 5.91 Å². The predicted octanol–water partition coefficient (Wildman–Crippen LogP) is 4.54. The molecule has 0 atom stereocenters. The van der Waals surface area contributed by atoms with Crippen molar-refractivity contribution in [3.8, 4) is 6.07 Å². The number of aromatic nitrogens is 2. The van der Waals surface area contributed by atoms with Gasteiger partial charge in [-0.3, -0.25) is 14.2 Å². The molecule has 33 heavy (non-hydrogen) atoms. The minimum atomic E-state index is -0.129. The number of fused-ring (bicyclic) bond motifs is 1. The molecule has 7 nitrogen and oxygen atoms in total. The number of aryl methyl sites for hydroxylation is 2. The van der Waals surface area contributed by atoms with E-state index in [9.17, 15) is 9.59 Å². The Labute approximate surface area is 202 Å². The zero-order valence-electron chi connectivity index (χ0n) is 19.2. The number of rotatable bonds is 11. The van der Waals surface area contributed by atoms with Gasteiger partial charge in [0.15, 0.2) is 5.16 Å². The van der Waals surface area contributed by atoms with E-state index in [4.69, 9.17) is 15.0 Å². The van der Waals surface area contributed by atoms with Crippen molar-refractivity contribution < 1.29 is 9.53 Å². The summed E-state index contributed by atoms with van der Waals surface area (Å²) in [6.45, 7) is 7.86. The van der Waals surface area contributed by atoms with Crippen molar-refractivity contribution in [2.45, 2.75) is 45.3 Å². The molecule has 1 aromatic carbocycles. The van der Waals surface area contributed by atoms with Gasteiger partial charge in [0, 0.05) is 36.9 Å². The van der Waals surface area contributed by atoms with Crippen molar-refractivity contribution in [2.75, 3.05) is 30.4 Å². The number of carbonyl (C=O) groups excluding carboxylic acids is 1. The van der Waals surface area contributed by atoms with Gasteiger partial charge in [0.1, 0.15) is 4.83 Å². The van der Waals surface area contributed by atoms with E-state index in [2.05, 4.69) is 6.07 Å². The Hall–Kier alpha value is -2.67. The number of ether oxygens (including phenoxy) is 1. The normalized spacial score (nSPS) is 11.0. The fourth-order valence-corrected chi connectivity index (χ4v) is 5.43. The van der Waals surface area contributed by atoms with Crippen molar-refractivity contribution in [1.82, 2.24) is 9.55 Å². The average molecular weight is 485 g/mol. The molecule has 0 N–H and O–H groups in total. The summed E-state index contributed by atoms with van der Waals surface area (Å²) >= 11 is 2.77. The number of para-hydroxylation sites is 1. The smallest absolute Gasteiger partial charge is 0.263 e. The highest BCUT2D eigenvalue weighted by molar-refractivity contribution is 7.99. The second-order valence-corrected chi connectivity index (χ2v) is 9.59. The largest absolute Gasteiger partial charge is 0.382 e. The maximum absolute atomic E-state index is 13.3. The summed E-state index contributed by atoms with van der Waals surface area (Å²) in [7, 11) is 0. The van der Waals surface area contributed by atoms with Crippen LogP contribution in [-0.4, -0.2) is 41.0 Å². The molecule has 0 aliphatic rings. The van der Waals surface area contributed by atoms with Crippen LogP contribution in [0.2, 0.25) is 0 Å². The molecular formula is C24H28N4O3S2. The molecule has 0 spiro atoms. The monoisotopic (exact) mass is 484 g/mol. The molecule has 0 saturated heterocycles. The van der Waals surface area contributed by atoms with E-state index in [1.54, 1.807) is 9.47 Å². The summed E-state index contributed by atoms with van der Waals surface area (Å²) in [5.74, 6) is -0.0113. The SMILES string of the molecule is CCOCCCn1c(SCC(=O)N(CCC#N)c2ccccc2)nc2sc(C)c(C)c2c1=O. The van der Waals surface area contributed by atoms with Gasteiger partial charge < -0.3 is 9.64 Å². The fraction of sp³-hybridized carbons (Fsp3) is 0.417. The lowest BCUT2D eigenvalue weighted by Gasteiger charge is -2.22. The van der Waals surface area contributed by atoms with Crippen molar-refractivity contribution in [3.63, 3.8) is 0 Å². The molecule has 0 unspecified atom stereocenters. The zero-order valence-corrected chi connectivity index (χ0v) is 20.8. The van der Waals surface area contributed by atoms with E-state index >= 15 is 0 Å². The number of anilines is 1. The van der Waals surface area contributed by atoms with Crippen LogP contribution >= 0.6 is 23.1 Å². The summed E-state index contributed by atoms with van der Waals surface area (Å²) in [5, 5.41) is 10.2. The van der Waals surface area contributed by atoms with Crippen LogP contribution in [0.25, 0.3) is 10.2 Å². The lowest BCUT2D eigenvalue weighted by molar-refractivity contribution is -0.116. The minimum Gasteiger partial charge on any atom is -0.382 e. The van der Waals surface area contributed by atoms with Crippen molar-refractivity contribution in [2.24, 2.45) is 0 Å². The van der Waals surface area contributed by atoms with E-state index in [1.807, 2.05) is 51.1 Å². The Morgan fingerprint density at radius 2 is 2.06 bits per heavy atom. The Morgan fingerprint density at radius 1 is 1.30 bits per heavy atom. The van der Waals surface area contributed by atoms with Gasteiger partial charge in [-0.05, 0) is 44.9 Å². The number of nitriles is 1. The third kappa shape index (κ3) is 6.02. The second kappa shape index (κ2) is 12.0. The molecule has 0 aliphatic heterocycles. The zero-order chi connectivity index (χ0) is 23.8. The van der Waals surface area contributed by atoms with Gasteiger partial charge in [-0.25, -0.2) is 4.98 Å². The molecule has 0 aliphatic carbocycles. The van der Waals surface area contributed by atoms with Gasteiger partial charge >= 0.3 is 0 Å². The molecule has 174 valence electrons. The van der Waals surface area contributed by atoms with Gasteiger partial charge in [-0.1, -0.05) is 30.0 Å². The Morgan fingerprint density at radius 3 is 2.76 bits per heavy atom. The van der Waals surface area contributed by atoms with Crippen LogP contribution in [0.4, 0.5) is 5.69 Å². The summed E-state index contributed by atoms with van der Waals surface area (Å²) < 4.78 is 7.11. The van der Waals surface area contributed by atoms with Gasteiger partial charge in [0.25, 0.3) is 5.56 Å². The van der Waals surface area contributed by atoms with Gasteiger partial charge in [-0.2, -0.15) is 5.26 Å². The highest BCUT2D eigenvalue weighted by Crippen LogP contribution is 2.29. The van der Waals surface area contributed by atoms with Gasteiger partial charge in [0.05, 0.1) is 23.6 Å². The number of nitrogens with zero attached hydrogens (tertiary/aromatic N) is 4. The number of benzene rings is 1. The summed E-state index contributed by atoms with van der Waals surface area (Å²) in [6.07, 6.45) is 0.925. The number of hydrogen-bond acceptors (Lipinski definition) is 7. The molecule has 2 aromatic heterocycles. The molecule has 0 fully saturated rings. The van der Waals surface area contributed by atoms with Crippen LogP contribution in [0.1, 0.15) is 30.2 Å². The van der Waals surface area contributed by atoms with Crippen LogP contribution in [0.15, 0.2) is 40.3 Å². The first-order chi connectivity index (χ1) is 16.0. The number of thioether (sulfide) groups is 1. The molecule has 3 aromatic rings. The lowest BCUT2D eigenvalue weighted by Crippen LogP contribution is -2.33. The van der Waals surface area contributed by atoms with E-state index in [1.165, 1.54) is 23.1 Å². The van der Waals surface area contributed by atoms with Crippen molar-refractivity contribution in [1.29, 1.82) is 5.26 Å². The maximum atomic E-state index is 13.3. The Balaban J connectivity index is 1.87. The summed E-state index contributed by atoms with van der Waals surface area (Å²) in [5.41, 5.74) is 1.64. The molecule has 0 bridgehead atoms. The molecule has 1 amide bonds. The first kappa shape index (κ1) is 25.0. The van der Waals surface area contributed by atoms with E-state index in [-0.39, 0.29) is 23.6 Å². The van der Waals surface area contributed by atoms with Crippen LogP contribution in [0, 0.1) is 25.2 Å². The number of thiophene rings is 1. The predicted molar refractivity (Wildman–Crippen MR) is 134 cm³/mol. The van der Waals surface area contributed by atoms with Crippen molar-refractivity contribution >= 4 is 44.9 Å². The first-order valence-corrected chi connectivity index (χ1v) is 12.7. The summed E-state index contributed by atoms with van der Waals surface area (Å²) in [4.78, 5) is 34.6. The van der Waals surface area contributed by atoms with E-state index < -0.39 is 0 Å². The van der Waals surface area contributed by atoms with Gasteiger partial charge in [-0.15, -0.1) is 11.3 Å². The second-order valence-electron chi connectivity index (χ2n) is 7.44. The highest BCUT2D eigenvalue weighted by Gasteiger charge is 2.20. The molecule has 0 radical (unpaired) electrons. The quantitative estimate of drug-likeness (QED) is 0.226. The molecule has 0 saturated carbocycles. The lowest BCUT2D eigenvalue weighted by atomic mass is 10.2. The molecular weight excluding hydrogens is 456 g/mol. The third-order valence-corrected chi connectivity index (χ3v) is 7.33. The van der Waals surface area contributed by atoms with Crippen molar-refractivity contribution in [3.05, 3.63) is 51.1 Å². The molecule has 9 heteroatoms. The molecule has 2 heterocycles. The third-order valence-electron chi connectivity index (χ3n) is 5.27. The van der Waals surface area contributed by atoms with Crippen LogP contribution in [0.3, 0.4) is 0 Å². The standard InChI is InChI=1S/C24H28N4O3S2/c1-4-31-15-9-14-28-23(30)21-17(2)18(3)33-22(21)26-24(28)32-16-20(29)27(13-8-12-25)19-10-6-5-7-11-19/h5-7,10-11H,4,8-9,13-16H2,1-3H3. The number of carbonyl (C=O) groups is 1.